The van der Waals surface area contributed by atoms with E-state index in [1.54, 1.807) is 9.80 Å². The largest absolute Gasteiger partial charge is 0.375 e. The topological polar surface area (TPSA) is 88.8 Å². The number of rotatable bonds is 3. The van der Waals surface area contributed by atoms with Gasteiger partial charge < -0.3 is 20.3 Å². The van der Waals surface area contributed by atoms with Crippen LogP contribution in [0.4, 0.5) is 5.13 Å². The Kier molecular flexibility index (Phi) is 5.07. The molecule has 28 heavy (non-hydrogen) atoms. The SMILES string of the molecule is CC(C)N1C(=O)CO[C@H](C(=O)N2CCc3nc(N)sc3C2)[C@H]1c1ccccc1. The molecule has 0 spiro atoms. The third-order valence-electron chi connectivity index (χ3n) is 5.26. The molecule has 2 amide bonds. The quantitative estimate of drug-likeness (QED) is 0.851. The Morgan fingerprint density at radius 1 is 1.32 bits per heavy atom. The fourth-order valence-electron chi connectivity index (χ4n) is 4.01. The molecule has 1 fully saturated rings. The first kappa shape index (κ1) is 18.9. The average Bonchev–Trinajstić information content (AvgIpc) is 3.06. The Labute approximate surface area is 168 Å². The highest BCUT2D eigenvalue weighted by atomic mass is 32.1. The predicted molar refractivity (Wildman–Crippen MR) is 107 cm³/mol. The number of aromatic nitrogens is 1. The Hall–Kier alpha value is -2.45. The van der Waals surface area contributed by atoms with Crippen molar-refractivity contribution in [2.45, 2.75) is 45.0 Å². The van der Waals surface area contributed by atoms with Crippen LogP contribution in [-0.4, -0.2) is 51.9 Å². The number of hydrogen-bond acceptors (Lipinski definition) is 6. The van der Waals surface area contributed by atoms with E-state index in [0.717, 1.165) is 16.1 Å². The molecule has 0 bridgehead atoms. The van der Waals surface area contributed by atoms with Gasteiger partial charge in [0, 0.05) is 23.9 Å². The fourth-order valence-corrected chi connectivity index (χ4v) is 4.91. The van der Waals surface area contributed by atoms with Gasteiger partial charge in [-0.25, -0.2) is 4.98 Å². The van der Waals surface area contributed by atoms with Crippen LogP contribution in [0.2, 0.25) is 0 Å². The van der Waals surface area contributed by atoms with Gasteiger partial charge in [-0.1, -0.05) is 30.3 Å². The second kappa shape index (κ2) is 7.52. The molecule has 0 aliphatic carbocycles. The van der Waals surface area contributed by atoms with E-state index in [2.05, 4.69) is 4.98 Å². The minimum Gasteiger partial charge on any atom is -0.375 e. The molecule has 1 aromatic heterocycles. The van der Waals surface area contributed by atoms with E-state index in [1.165, 1.54) is 11.3 Å². The molecule has 2 aromatic rings. The summed E-state index contributed by atoms with van der Waals surface area (Å²) in [6.07, 6.45) is -0.0426. The summed E-state index contributed by atoms with van der Waals surface area (Å²) in [5.74, 6) is -0.186. The molecular formula is C20H24N4O3S. The number of hydrogen-bond donors (Lipinski definition) is 1. The van der Waals surface area contributed by atoms with Crippen molar-refractivity contribution in [2.75, 3.05) is 18.9 Å². The average molecular weight is 401 g/mol. The van der Waals surface area contributed by atoms with E-state index in [9.17, 15) is 9.59 Å². The number of ether oxygens (including phenoxy) is 1. The highest BCUT2D eigenvalue weighted by molar-refractivity contribution is 7.15. The summed E-state index contributed by atoms with van der Waals surface area (Å²) in [5, 5.41) is 0.534. The molecule has 0 radical (unpaired) electrons. The number of amides is 2. The van der Waals surface area contributed by atoms with Crippen molar-refractivity contribution in [3.63, 3.8) is 0 Å². The minimum atomic E-state index is -0.727. The van der Waals surface area contributed by atoms with Crippen LogP contribution in [0.1, 0.15) is 36.0 Å². The van der Waals surface area contributed by atoms with Crippen LogP contribution in [0.25, 0.3) is 0 Å². The Bertz CT molecular complexity index is 883. The smallest absolute Gasteiger partial charge is 0.254 e. The van der Waals surface area contributed by atoms with Crippen molar-refractivity contribution in [1.82, 2.24) is 14.8 Å². The lowest BCUT2D eigenvalue weighted by atomic mass is 9.95. The van der Waals surface area contributed by atoms with Crippen LogP contribution in [0.5, 0.6) is 0 Å². The van der Waals surface area contributed by atoms with Gasteiger partial charge in [0.2, 0.25) is 5.91 Å². The number of nitrogens with zero attached hydrogens (tertiary/aromatic N) is 3. The van der Waals surface area contributed by atoms with Gasteiger partial charge in [0.25, 0.3) is 5.91 Å². The van der Waals surface area contributed by atoms with Crippen LogP contribution in [0.15, 0.2) is 30.3 Å². The summed E-state index contributed by atoms with van der Waals surface area (Å²) < 4.78 is 5.83. The van der Waals surface area contributed by atoms with Gasteiger partial charge in [-0.3, -0.25) is 9.59 Å². The van der Waals surface area contributed by atoms with Gasteiger partial charge in [-0.15, -0.1) is 11.3 Å². The van der Waals surface area contributed by atoms with Crippen LogP contribution in [0, 0.1) is 0 Å². The molecule has 2 aliphatic heterocycles. The molecule has 1 saturated heterocycles. The highest BCUT2D eigenvalue weighted by Gasteiger charge is 2.44. The van der Waals surface area contributed by atoms with Crippen LogP contribution in [-0.2, 0) is 27.3 Å². The van der Waals surface area contributed by atoms with Gasteiger partial charge in [0.1, 0.15) is 6.61 Å². The first-order chi connectivity index (χ1) is 13.5. The van der Waals surface area contributed by atoms with Crippen molar-refractivity contribution in [2.24, 2.45) is 0 Å². The highest BCUT2D eigenvalue weighted by Crippen LogP contribution is 2.34. The Morgan fingerprint density at radius 2 is 2.07 bits per heavy atom. The second-order valence-electron chi connectivity index (χ2n) is 7.41. The number of benzene rings is 1. The lowest BCUT2D eigenvalue weighted by molar-refractivity contribution is -0.172. The molecule has 7 nitrogen and oxygen atoms in total. The molecule has 2 atom stereocenters. The van der Waals surface area contributed by atoms with Crippen LogP contribution < -0.4 is 5.73 Å². The number of carbonyl (C=O) groups excluding carboxylic acids is 2. The number of fused-ring (bicyclic) bond motifs is 1. The number of morpholine rings is 1. The van der Waals surface area contributed by atoms with Gasteiger partial charge in [0.15, 0.2) is 11.2 Å². The van der Waals surface area contributed by atoms with E-state index in [4.69, 9.17) is 10.5 Å². The summed E-state index contributed by atoms with van der Waals surface area (Å²) >= 11 is 1.43. The summed E-state index contributed by atoms with van der Waals surface area (Å²) in [4.78, 5) is 35.0. The Morgan fingerprint density at radius 3 is 2.79 bits per heavy atom. The molecule has 3 heterocycles. The first-order valence-corrected chi connectivity index (χ1v) is 10.3. The standard InChI is InChI=1S/C20H24N4O3S/c1-12(2)24-16(25)11-27-18(17(24)13-6-4-3-5-7-13)19(26)23-9-8-14-15(10-23)28-20(21)22-14/h3-7,12,17-18H,8-11H2,1-2H3,(H2,21,22)/t17-,18+/m1/s1. The van der Waals surface area contributed by atoms with E-state index >= 15 is 0 Å². The molecular weight excluding hydrogens is 376 g/mol. The van der Waals surface area contributed by atoms with E-state index in [0.29, 0.717) is 24.6 Å². The zero-order valence-electron chi connectivity index (χ0n) is 16.0. The number of thiazole rings is 1. The Balaban J connectivity index is 1.64. The monoisotopic (exact) mass is 400 g/mol. The maximum atomic E-state index is 13.4. The lowest BCUT2D eigenvalue weighted by Gasteiger charge is -2.44. The molecule has 8 heteroatoms. The summed E-state index contributed by atoms with van der Waals surface area (Å²) in [6.45, 7) is 4.92. The van der Waals surface area contributed by atoms with Crippen molar-refractivity contribution in [3.8, 4) is 0 Å². The van der Waals surface area contributed by atoms with Crippen molar-refractivity contribution < 1.29 is 14.3 Å². The van der Waals surface area contributed by atoms with Gasteiger partial charge in [0.05, 0.1) is 18.3 Å². The third-order valence-corrected chi connectivity index (χ3v) is 6.17. The number of carbonyl (C=O) groups is 2. The van der Waals surface area contributed by atoms with Crippen LogP contribution in [0.3, 0.4) is 0 Å². The molecule has 1 aromatic carbocycles. The fraction of sp³-hybridized carbons (Fsp3) is 0.450. The number of anilines is 1. The summed E-state index contributed by atoms with van der Waals surface area (Å²) in [7, 11) is 0. The zero-order chi connectivity index (χ0) is 19.8. The number of nitrogens with two attached hydrogens (primary N) is 1. The predicted octanol–water partition coefficient (Wildman–Crippen LogP) is 1.99. The van der Waals surface area contributed by atoms with Crippen molar-refractivity contribution in [1.29, 1.82) is 0 Å². The summed E-state index contributed by atoms with van der Waals surface area (Å²) in [5.41, 5.74) is 7.71. The third kappa shape index (κ3) is 3.38. The van der Waals surface area contributed by atoms with E-state index in [-0.39, 0.29) is 24.5 Å². The maximum absolute atomic E-state index is 13.4. The molecule has 2 N–H and O–H groups in total. The molecule has 4 rings (SSSR count). The van der Waals surface area contributed by atoms with E-state index < -0.39 is 12.1 Å². The molecule has 148 valence electrons. The van der Waals surface area contributed by atoms with Crippen molar-refractivity contribution in [3.05, 3.63) is 46.5 Å². The zero-order valence-corrected chi connectivity index (χ0v) is 16.8. The normalized spacial score (nSPS) is 22.5. The molecule has 2 aliphatic rings. The van der Waals surface area contributed by atoms with Gasteiger partial charge in [-0.05, 0) is 19.4 Å². The van der Waals surface area contributed by atoms with Gasteiger partial charge in [-0.2, -0.15) is 0 Å². The van der Waals surface area contributed by atoms with Crippen LogP contribution >= 0.6 is 11.3 Å². The van der Waals surface area contributed by atoms with Crippen molar-refractivity contribution >= 4 is 28.3 Å². The minimum absolute atomic E-state index is 0.0360. The lowest BCUT2D eigenvalue weighted by Crippen LogP contribution is -2.57. The molecule has 0 unspecified atom stereocenters. The van der Waals surface area contributed by atoms with E-state index in [1.807, 2.05) is 44.2 Å². The maximum Gasteiger partial charge on any atom is 0.254 e. The first-order valence-electron chi connectivity index (χ1n) is 9.46. The second-order valence-corrected chi connectivity index (χ2v) is 8.53. The summed E-state index contributed by atoms with van der Waals surface area (Å²) in [6, 6.07) is 9.17. The van der Waals surface area contributed by atoms with Gasteiger partial charge >= 0.3 is 0 Å². The molecule has 0 saturated carbocycles. The number of nitrogen functional groups attached to an aromatic ring is 1.